The molecular formula is C19H41N. The fourth-order valence-corrected chi connectivity index (χ4v) is 2.62. The molecule has 1 atom stereocenters. The summed E-state index contributed by atoms with van der Waals surface area (Å²) < 4.78 is 0. The van der Waals surface area contributed by atoms with Crippen molar-refractivity contribution in [3.8, 4) is 0 Å². The first-order chi connectivity index (χ1) is 9.17. The molecule has 1 heteroatoms. The van der Waals surface area contributed by atoms with E-state index in [1.807, 2.05) is 0 Å². The smallest absolute Gasteiger partial charge is 0.00966 e. The van der Waals surface area contributed by atoms with Gasteiger partial charge in [-0.2, -0.15) is 0 Å². The topological polar surface area (TPSA) is 12.0 Å². The molecule has 0 aromatic rings. The fraction of sp³-hybridized carbons (Fsp3) is 1.00. The Labute approximate surface area is 129 Å². The van der Waals surface area contributed by atoms with Crippen LogP contribution in [0.4, 0.5) is 0 Å². The van der Waals surface area contributed by atoms with Crippen molar-refractivity contribution in [2.45, 2.75) is 105 Å². The lowest BCUT2D eigenvalue weighted by Gasteiger charge is -2.34. The molecule has 122 valence electrons. The number of unbranched alkanes of at least 4 members (excludes halogenated alkanes) is 6. The monoisotopic (exact) mass is 283 g/mol. The predicted octanol–water partition coefficient (Wildman–Crippen LogP) is 6.18. The summed E-state index contributed by atoms with van der Waals surface area (Å²) >= 11 is 0. The highest BCUT2D eigenvalue weighted by Crippen LogP contribution is 2.30. The number of nitrogens with one attached hydrogen (secondary N) is 1. The lowest BCUT2D eigenvalue weighted by atomic mass is 9.77. The van der Waals surface area contributed by atoms with Crippen LogP contribution in [-0.4, -0.2) is 12.1 Å². The van der Waals surface area contributed by atoms with E-state index in [1.165, 1.54) is 51.4 Å². The summed E-state index contributed by atoms with van der Waals surface area (Å²) in [7, 11) is 0. The standard InChI is InChI=1S/C19H41N/c1-8-9-10-11-12-13-14-15-17(18(2,3)4)16-20-19(5,6)7/h17,20H,8-16H2,1-7H3. The summed E-state index contributed by atoms with van der Waals surface area (Å²) in [5, 5.41) is 3.70. The third-order valence-corrected chi connectivity index (χ3v) is 4.26. The van der Waals surface area contributed by atoms with Gasteiger partial charge in [-0.3, -0.25) is 0 Å². The fourth-order valence-electron chi connectivity index (χ4n) is 2.62. The van der Waals surface area contributed by atoms with Gasteiger partial charge >= 0.3 is 0 Å². The second-order valence-electron chi connectivity index (χ2n) is 8.60. The lowest BCUT2D eigenvalue weighted by Crippen LogP contribution is -2.42. The summed E-state index contributed by atoms with van der Waals surface area (Å²) in [5.74, 6) is 0.789. The minimum absolute atomic E-state index is 0.240. The van der Waals surface area contributed by atoms with E-state index in [0.717, 1.165) is 12.5 Å². The Bertz CT molecular complexity index is 219. The molecule has 0 aliphatic carbocycles. The van der Waals surface area contributed by atoms with Crippen molar-refractivity contribution in [2.24, 2.45) is 11.3 Å². The number of hydrogen-bond donors (Lipinski definition) is 1. The van der Waals surface area contributed by atoms with Crippen LogP contribution >= 0.6 is 0 Å². The molecule has 0 rings (SSSR count). The molecule has 0 saturated carbocycles. The quantitative estimate of drug-likeness (QED) is 0.472. The lowest BCUT2D eigenvalue weighted by molar-refractivity contribution is 0.198. The van der Waals surface area contributed by atoms with E-state index < -0.39 is 0 Å². The summed E-state index contributed by atoms with van der Waals surface area (Å²) in [6, 6.07) is 0. The molecule has 0 aromatic carbocycles. The highest BCUT2D eigenvalue weighted by atomic mass is 14.9. The predicted molar refractivity (Wildman–Crippen MR) is 93.3 cm³/mol. The highest BCUT2D eigenvalue weighted by molar-refractivity contribution is 4.80. The van der Waals surface area contributed by atoms with Crippen LogP contribution in [-0.2, 0) is 0 Å². The van der Waals surface area contributed by atoms with Gasteiger partial charge in [0.05, 0.1) is 0 Å². The molecule has 20 heavy (non-hydrogen) atoms. The zero-order chi connectivity index (χ0) is 15.6. The number of rotatable bonds is 10. The van der Waals surface area contributed by atoms with Crippen LogP contribution in [0.1, 0.15) is 99.8 Å². The van der Waals surface area contributed by atoms with Gasteiger partial charge in [-0.25, -0.2) is 0 Å². The Balaban J connectivity index is 3.89. The molecule has 0 amide bonds. The van der Waals surface area contributed by atoms with Crippen LogP contribution in [0.3, 0.4) is 0 Å². The maximum absolute atomic E-state index is 3.70. The molecule has 0 aliphatic rings. The molecule has 0 aromatic heterocycles. The average Bonchev–Trinajstić information content (AvgIpc) is 2.28. The van der Waals surface area contributed by atoms with Gasteiger partial charge in [0.15, 0.2) is 0 Å². The molecule has 0 bridgehead atoms. The third kappa shape index (κ3) is 11.8. The Morgan fingerprint density at radius 3 is 1.70 bits per heavy atom. The first-order valence-corrected chi connectivity index (χ1v) is 8.92. The highest BCUT2D eigenvalue weighted by Gasteiger charge is 2.25. The summed E-state index contributed by atoms with van der Waals surface area (Å²) in [4.78, 5) is 0. The van der Waals surface area contributed by atoms with E-state index in [1.54, 1.807) is 0 Å². The maximum Gasteiger partial charge on any atom is 0.00966 e. The molecule has 0 heterocycles. The minimum atomic E-state index is 0.240. The molecule has 1 nitrogen and oxygen atoms in total. The molecule has 0 saturated heterocycles. The van der Waals surface area contributed by atoms with Crippen LogP contribution < -0.4 is 5.32 Å². The first-order valence-electron chi connectivity index (χ1n) is 8.92. The van der Waals surface area contributed by atoms with Crippen molar-refractivity contribution in [3.63, 3.8) is 0 Å². The van der Waals surface area contributed by atoms with Crippen LogP contribution in [0.5, 0.6) is 0 Å². The van der Waals surface area contributed by atoms with Crippen LogP contribution in [0.15, 0.2) is 0 Å². The van der Waals surface area contributed by atoms with Gasteiger partial charge in [0.25, 0.3) is 0 Å². The van der Waals surface area contributed by atoms with Crippen molar-refractivity contribution in [1.82, 2.24) is 5.32 Å². The molecule has 1 N–H and O–H groups in total. The van der Waals surface area contributed by atoms with Gasteiger partial charge in [-0.05, 0) is 45.1 Å². The molecule has 1 unspecified atom stereocenters. The summed E-state index contributed by atoms with van der Waals surface area (Å²) in [6.45, 7) is 17.4. The Morgan fingerprint density at radius 2 is 1.25 bits per heavy atom. The van der Waals surface area contributed by atoms with Crippen molar-refractivity contribution >= 4 is 0 Å². The SMILES string of the molecule is CCCCCCCCCC(CNC(C)(C)C)C(C)(C)C. The van der Waals surface area contributed by atoms with Crippen molar-refractivity contribution < 1.29 is 0 Å². The van der Waals surface area contributed by atoms with Crippen molar-refractivity contribution in [1.29, 1.82) is 0 Å². The van der Waals surface area contributed by atoms with Gasteiger partial charge in [0.1, 0.15) is 0 Å². The molecule has 0 radical (unpaired) electrons. The largest absolute Gasteiger partial charge is 0.312 e. The van der Waals surface area contributed by atoms with Crippen molar-refractivity contribution in [3.05, 3.63) is 0 Å². The van der Waals surface area contributed by atoms with Gasteiger partial charge in [-0.1, -0.05) is 72.6 Å². The normalized spacial score (nSPS) is 14.6. The second-order valence-corrected chi connectivity index (χ2v) is 8.60. The Kier molecular flexibility index (Phi) is 9.80. The Hall–Kier alpha value is -0.0400. The molecule has 0 aliphatic heterocycles. The summed E-state index contributed by atoms with van der Waals surface area (Å²) in [5.41, 5.74) is 0.657. The zero-order valence-electron chi connectivity index (χ0n) is 15.4. The van der Waals surface area contributed by atoms with Crippen LogP contribution in [0.2, 0.25) is 0 Å². The van der Waals surface area contributed by atoms with Crippen LogP contribution in [0.25, 0.3) is 0 Å². The third-order valence-electron chi connectivity index (χ3n) is 4.26. The molecule has 0 fully saturated rings. The van der Waals surface area contributed by atoms with Gasteiger partial charge in [-0.15, -0.1) is 0 Å². The van der Waals surface area contributed by atoms with E-state index in [4.69, 9.17) is 0 Å². The van der Waals surface area contributed by atoms with Crippen LogP contribution in [0, 0.1) is 11.3 Å². The van der Waals surface area contributed by atoms with Gasteiger partial charge in [0.2, 0.25) is 0 Å². The molecular weight excluding hydrogens is 242 g/mol. The first kappa shape index (κ1) is 20.0. The molecule has 0 spiro atoms. The summed E-state index contributed by atoms with van der Waals surface area (Å²) in [6.07, 6.45) is 11.3. The van der Waals surface area contributed by atoms with Gasteiger partial charge < -0.3 is 5.32 Å². The minimum Gasteiger partial charge on any atom is -0.312 e. The second kappa shape index (κ2) is 9.82. The van der Waals surface area contributed by atoms with Gasteiger partial charge in [0, 0.05) is 5.54 Å². The Morgan fingerprint density at radius 1 is 0.750 bits per heavy atom. The van der Waals surface area contributed by atoms with E-state index >= 15 is 0 Å². The average molecular weight is 284 g/mol. The van der Waals surface area contributed by atoms with Crippen molar-refractivity contribution in [2.75, 3.05) is 6.54 Å². The number of hydrogen-bond acceptors (Lipinski definition) is 1. The van der Waals surface area contributed by atoms with E-state index in [-0.39, 0.29) is 5.54 Å². The van der Waals surface area contributed by atoms with E-state index in [0.29, 0.717) is 5.41 Å². The van der Waals surface area contributed by atoms with E-state index in [9.17, 15) is 0 Å². The maximum atomic E-state index is 3.70. The zero-order valence-corrected chi connectivity index (χ0v) is 15.4. The van der Waals surface area contributed by atoms with E-state index in [2.05, 4.69) is 53.8 Å².